The van der Waals surface area contributed by atoms with E-state index in [4.69, 9.17) is 24.5 Å². The minimum absolute atomic E-state index is 0.0867. The number of esters is 1. The highest BCUT2D eigenvalue weighted by atomic mass is 28.4. The van der Waals surface area contributed by atoms with E-state index < -0.39 is 31.5 Å². The monoisotopic (exact) mass is 499 g/mol. The Labute approximate surface area is 206 Å². The molecule has 1 aliphatic rings. The maximum absolute atomic E-state index is 13.0. The van der Waals surface area contributed by atoms with Crippen LogP contribution >= 0.6 is 0 Å². The predicted molar refractivity (Wildman–Crippen MR) is 136 cm³/mol. The number of rotatable bonds is 8. The number of nitrogens with zero attached hydrogens (tertiary/aromatic N) is 2. The van der Waals surface area contributed by atoms with Crippen LogP contribution in [0.1, 0.15) is 67.7 Å². The lowest BCUT2D eigenvalue weighted by Gasteiger charge is -2.39. The molecular formula is C24H45N3O6Si. The SMILES string of the molecule is CC=C(ON=C(N)C1(N(C)C(=O)OC(C)(C)C)CCC(CO[Si](C)(C)C(C)(C)C)C1)C(=O)OC. The Kier molecular flexibility index (Phi) is 9.79. The zero-order valence-electron chi connectivity index (χ0n) is 22.9. The molecule has 0 aromatic rings. The fourth-order valence-electron chi connectivity index (χ4n) is 3.52. The zero-order valence-corrected chi connectivity index (χ0v) is 23.9. The van der Waals surface area contributed by atoms with E-state index in [1.165, 1.54) is 18.1 Å². The van der Waals surface area contributed by atoms with Gasteiger partial charge >= 0.3 is 12.1 Å². The summed E-state index contributed by atoms with van der Waals surface area (Å²) in [6, 6.07) is 0. The van der Waals surface area contributed by atoms with Crippen molar-refractivity contribution in [1.29, 1.82) is 0 Å². The van der Waals surface area contributed by atoms with Gasteiger partial charge in [0.25, 0.3) is 0 Å². The van der Waals surface area contributed by atoms with Gasteiger partial charge in [-0.1, -0.05) is 25.9 Å². The van der Waals surface area contributed by atoms with Crippen LogP contribution in [0.3, 0.4) is 0 Å². The van der Waals surface area contributed by atoms with E-state index in [1.54, 1.807) is 14.0 Å². The number of allylic oxidation sites excluding steroid dienone is 1. The molecule has 0 bridgehead atoms. The van der Waals surface area contributed by atoms with Gasteiger partial charge in [-0.15, -0.1) is 0 Å². The first-order valence-corrected chi connectivity index (χ1v) is 14.7. The van der Waals surface area contributed by atoms with Crippen molar-refractivity contribution in [3.63, 3.8) is 0 Å². The molecule has 0 heterocycles. The van der Waals surface area contributed by atoms with Gasteiger partial charge in [-0.25, -0.2) is 9.59 Å². The normalized spacial score (nSPS) is 22.4. The van der Waals surface area contributed by atoms with E-state index in [1.807, 2.05) is 20.8 Å². The first kappa shape index (κ1) is 30.0. The summed E-state index contributed by atoms with van der Waals surface area (Å²) in [6.07, 6.45) is 2.84. The third-order valence-electron chi connectivity index (χ3n) is 6.76. The summed E-state index contributed by atoms with van der Waals surface area (Å²) in [4.78, 5) is 31.7. The summed E-state index contributed by atoms with van der Waals surface area (Å²) >= 11 is 0. The van der Waals surface area contributed by atoms with E-state index in [2.05, 4.69) is 39.0 Å². The molecular weight excluding hydrogens is 454 g/mol. The Balaban J connectivity index is 3.21. The van der Waals surface area contributed by atoms with Crippen LogP contribution in [0.25, 0.3) is 0 Å². The fourth-order valence-corrected chi connectivity index (χ4v) is 4.60. The number of carbonyl (C=O) groups excluding carboxylic acids is 2. The van der Waals surface area contributed by atoms with Crippen molar-refractivity contribution in [2.75, 3.05) is 20.8 Å². The highest BCUT2D eigenvalue weighted by Crippen LogP contribution is 2.42. The number of likely N-dealkylation sites (N-methyl/N-ethyl adjacent to an activating group) is 1. The average Bonchev–Trinajstić information content (AvgIpc) is 3.15. The molecule has 34 heavy (non-hydrogen) atoms. The Morgan fingerprint density at radius 2 is 1.79 bits per heavy atom. The lowest BCUT2D eigenvalue weighted by atomic mass is 9.93. The minimum atomic E-state index is -1.93. The van der Waals surface area contributed by atoms with Gasteiger partial charge in [-0.3, -0.25) is 4.90 Å². The lowest BCUT2D eigenvalue weighted by molar-refractivity contribution is -0.140. The summed E-state index contributed by atoms with van der Waals surface area (Å²) < 4.78 is 16.8. The van der Waals surface area contributed by atoms with Crippen LogP contribution in [0, 0.1) is 5.92 Å². The Bertz CT molecular complexity index is 798. The number of nitrogens with two attached hydrogens (primary N) is 1. The zero-order chi connectivity index (χ0) is 26.5. The van der Waals surface area contributed by atoms with E-state index in [0.717, 1.165) is 6.42 Å². The van der Waals surface area contributed by atoms with E-state index >= 15 is 0 Å². The second-order valence-corrected chi connectivity index (χ2v) is 16.3. The molecule has 196 valence electrons. The summed E-state index contributed by atoms with van der Waals surface area (Å²) in [7, 11) is 0.982. The van der Waals surface area contributed by atoms with Crippen LogP contribution in [-0.4, -0.2) is 63.0 Å². The summed E-state index contributed by atoms with van der Waals surface area (Å²) in [5.41, 5.74) is 4.84. The molecule has 2 N–H and O–H groups in total. The summed E-state index contributed by atoms with van der Waals surface area (Å²) in [6.45, 7) is 18.7. The van der Waals surface area contributed by atoms with Crippen molar-refractivity contribution < 1.29 is 28.3 Å². The molecule has 0 spiro atoms. The first-order valence-electron chi connectivity index (χ1n) is 11.8. The molecule has 0 aromatic carbocycles. The van der Waals surface area contributed by atoms with Crippen molar-refractivity contribution >= 4 is 26.2 Å². The standard InChI is InChI=1S/C24H45N3O6Si/c1-12-18(19(28)30-9)33-26-20(25)24(27(8)21(29)32-22(2,3)4)14-13-17(15-24)16-31-34(10,11)23(5,6)7/h12,17H,13-16H2,1-11H3,(H2,25,26). The number of methoxy groups -OCH3 is 1. The number of hydrogen-bond acceptors (Lipinski definition) is 7. The highest BCUT2D eigenvalue weighted by molar-refractivity contribution is 6.74. The lowest BCUT2D eigenvalue weighted by Crippen LogP contribution is -2.57. The number of ether oxygens (including phenoxy) is 2. The first-order chi connectivity index (χ1) is 15.4. The molecule has 2 atom stereocenters. The average molecular weight is 500 g/mol. The topological polar surface area (TPSA) is 113 Å². The maximum atomic E-state index is 13.0. The maximum Gasteiger partial charge on any atom is 0.410 e. The molecule has 1 aliphatic carbocycles. The number of amides is 1. The van der Waals surface area contributed by atoms with Gasteiger partial charge in [0.15, 0.2) is 14.2 Å². The fraction of sp³-hybridized carbons (Fsp3) is 0.792. The van der Waals surface area contributed by atoms with Crippen molar-refractivity contribution in [2.24, 2.45) is 16.8 Å². The molecule has 9 nitrogen and oxygen atoms in total. The molecule has 0 radical (unpaired) electrons. The van der Waals surface area contributed by atoms with Crippen molar-refractivity contribution in [1.82, 2.24) is 4.90 Å². The minimum Gasteiger partial charge on any atom is -0.463 e. The number of hydrogen-bond donors (Lipinski definition) is 1. The smallest absolute Gasteiger partial charge is 0.410 e. The van der Waals surface area contributed by atoms with E-state index in [0.29, 0.717) is 19.4 Å². The third kappa shape index (κ3) is 7.46. The second-order valence-electron chi connectivity index (χ2n) is 11.5. The van der Waals surface area contributed by atoms with Gasteiger partial charge in [-0.2, -0.15) is 0 Å². The summed E-state index contributed by atoms with van der Waals surface area (Å²) in [5.74, 6) is -0.481. The molecule has 1 amide bonds. The second kappa shape index (κ2) is 11.1. The highest BCUT2D eigenvalue weighted by Gasteiger charge is 2.50. The molecule has 0 aliphatic heterocycles. The van der Waals surface area contributed by atoms with Crippen LogP contribution in [0.5, 0.6) is 0 Å². The molecule has 0 aromatic heterocycles. The van der Waals surface area contributed by atoms with Crippen molar-refractivity contribution in [3.05, 3.63) is 11.8 Å². The number of amidine groups is 1. The van der Waals surface area contributed by atoms with Gasteiger partial charge in [0.1, 0.15) is 11.1 Å². The van der Waals surface area contributed by atoms with E-state index in [-0.39, 0.29) is 22.6 Å². The van der Waals surface area contributed by atoms with Crippen LogP contribution in [0.2, 0.25) is 18.1 Å². The largest absolute Gasteiger partial charge is 0.463 e. The van der Waals surface area contributed by atoms with Crippen molar-refractivity contribution in [3.8, 4) is 0 Å². The van der Waals surface area contributed by atoms with Gasteiger partial charge in [0, 0.05) is 13.7 Å². The molecule has 1 fully saturated rings. The molecule has 0 saturated heterocycles. The van der Waals surface area contributed by atoms with Gasteiger partial charge in [0.05, 0.1) is 7.11 Å². The van der Waals surface area contributed by atoms with Crippen molar-refractivity contribution in [2.45, 2.75) is 97.0 Å². The van der Waals surface area contributed by atoms with Crippen LogP contribution in [0.4, 0.5) is 4.79 Å². The predicted octanol–water partition coefficient (Wildman–Crippen LogP) is 4.78. The Morgan fingerprint density at radius 3 is 2.26 bits per heavy atom. The Morgan fingerprint density at radius 1 is 1.21 bits per heavy atom. The Hall–Kier alpha value is -2.07. The summed E-state index contributed by atoms with van der Waals surface area (Å²) in [5, 5.41) is 4.14. The molecule has 10 heteroatoms. The molecule has 1 rings (SSSR count). The van der Waals surface area contributed by atoms with Crippen LogP contribution < -0.4 is 5.73 Å². The number of carbonyl (C=O) groups is 2. The van der Waals surface area contributed by atoms with Gasteiger partial charge in [0.2, 0.25) is 5.76 Å². The van der Waals surface area contributed by atoms with Gasteiger partial charge in [-0.05, 0) is 77.1 Å². The quantitative estimate of drug-likeness (QED) is 0.0972. The third-order valence-corrected chi connectivity index (χ3v) is 11.3. The van der Waals surface area contributed by atoms with E-state index in [9.17, 15) is 9.59 Å². The van der Waals surface area contributed by atoms with Gasteiger partial charge < -0.3 is 24.5 Å². The van der Waals surface area contributed by atoms with Crippen LogP contribution in [-0.2, 0) is 23.5 Å². The molecule has 1 saturated carbocycles. The molecule has 2 unspecified atom stereocenters. The van der Waals surface area contributed by atoms with Crippen LogP contribution in [0.15, 0.2) is 17.0 Å². The number of oxime groups is 1.